The van der Waals surface area contributed by atoms with Crippen molar-refractivity contribution >= 4 is 23.0 Å². The standard InChI is InChI=1S/C22H26N4O5/c1-16(20(25-28-3)15-30-18-11-6-5-7-12-18)24-31-14-17-10-8-9-13-19(17)21(26-29-4)22(27)23-2/h5-13H,14-15H2,1-4H3,(H,23,27). The minimum Gasteiger partial charge on any atom is -0.487 e. The van der Waals surface area contributed by atoms with Crippen LogP contribution in [0.1, 0.15) is 18.1 Å². The number of likely N-dealkylation sites (N-methyl/N-ethyl adjacent to an activating group) is 1. The molecule has 0 aliphatic carbocycles. The number of carbonyl (C=O) groups excluding carboxylic acids is 1. The second-order valence-corrected chi connectivity index (χ2v) is 6.13. The first-order valence-electron chi connectivity index (χ1n) is 9.47. The fraction of sp³-hybridized carbons (Fsp3) is 0.273. The maximum atomic E-state index is 12.2. The van der Waals surface area contributed by atoms with Crippen molar-refractivity contribution in [1.29, 1.82) is 0 Å². The van der Waals surface area contributed by atoms with Crippen LogP contribution in [0.4, 0.5) is 0 Å². The number of carbonyl (C=O) groups is 1. The van der Waals surface area contributed by atoms with Crippen molar-refractivity contribution in [1.82, 2.24) is 5.32 Å². The van der Waals surface area contributed by atoms with Gasteiger partial charge in [-0.2, -0.15) is 0 Å². The average molecular weight is 426 g/mol. The Hall–Kier alpha value is -3.88. The van der Waals surface area contributed by atoms with E-state index in [4.69, 9.17) is 19.2 Å². The maximum Gasteiger partial charge on any atom is 0.273 e. The number of benzene rings is 2. The van der Waals surface area contributed by atoms with Crippen LogP contribution in [0.15, 0.2) is 70.1 Å². The minimum atomic E-state index is -0.374. The Balaban J connectivity index is 2.10. The zero-order valence-corrected chi connectivity index (χ0v) is 18.0. The molecule has 1 amide bonds. The molecule has 2 rings (SSSR count). The summed E-state index contributed by atoms with van der Waals surface area (Å²) in [6.45, 7) is 2.00. The number of nitrogens with zero attached hydrogens (tertiary/aromatic N) is 3. The lowest BCUT2D eigenvalue weighted by Crippen LogP contribution is -2.29. The normalized spacial score (nSPS) is 12.2. The summed E-state index contributed by atoms with van der Waals surface area (Å²) >= 11 is 0. The molecule has 0 aliphatic rings. The molecule has 164 valence electrons. The summed E-state index contributed by atoms with van der Waals surface area (Å²) in [7, 11) is 4.35. The molecule has 2 aromatic rings. The van der Waals surface area contributed by atoms with Gasteiger partial charge in [-0.25, -0.2) is 0 Å². The Morgan fingerprint density at radius 1 is 0.935 bits per heavy atom. The SMILES string of the molecule is CNC(=O)C(=NOC)c1ccccc1CON=C(C)C(COc1ccccc1)=NOC. The predicted octanol–water partition coefficient (Wildman–Crippen LogP) is 2.76. The summed E-state index contributed by atoms with van der Waals surface area (Å²) in [6, 6.07) is 16.6. The fourth-order valence-corrected chi connectivity index (χ4v) is 2.53. The highest BCUT2D eigenvalue weighted by Crippen LogP contribution is 2.13. The highest BCUT2D eigenvalue weighted by molar-refractivity contribution is 6.45. The van der Waals surface area contributed by atoms with Gasteiger partial charge in [0.2, 0.25) is 0 Å². The molecular formula is C22H26N4O5. The van der Waals surface area contributed by atoms with Crippen LogP contribution in [-0.4, -0.2) is 50.9 Å². The van der Waals surface area contributed by atoms with Crippen LogP contribution in [0.25, 0.3) is 0 Å². The fourth-order valence-electron chi connectivity index (χ4n) is 2.53. The van der Waals surface area contributed by atoms with E-state index < -0.39 is 0 Å². The van der Waals surface area contributed by atoms with E-state index in [0.29, 0.717) is 28.3 Å². The van der Waals surface area contributed by atoms with Gasteiger partial charge in [0.15, 0.2) is 5.71 Å². The first-order valence-corrected chi connectivity index (χ1v) is 9.47. The second kappa shape index (κ2) is 12.6. The van der Waals surface area contributed by atoms with Gasteiger partial charge >= 0.3 is 0 Å². The summed E-state index contributed by atoms with van der Waals surface area (Å²) in [5.41, 5.74) is 2.40. The van der Waals surface area contributed by atoms with E-state index in [1.54, 1.807) is 19.1 Å². The Bertz CT molecular complexity index is 942. The van der Waals surface area contributed by atoms with Gasteiger partial charge in [-0.15, -0.1) is 0 Å². The van der Waals surface area contributed by atoms with Gasteiger partial charge in [0.1, 0.15) is 44.6 Å². The van der Waals surface area contributed by atoms with Gasteiger partial charge in [-0.3, -0.25) is 4.79 Å². The van der Waals surface area contributed by atoms with Gasteiger partial charge in [-0.05, 0) is 19.1 Å². The second-order valence-electron chi connectivity index (χ2n) is 6.13. The smallest absolute Gasteiger partial charge is 0.273 e. The molecule has 31 heavy (non-hydrogen) atoms. The van der Waals surface area contributed by atoms with Crippen molar-refractivity contribution in [3.8, 4) is 5.75 Å². The monoisotopic (exact) mass is 426 g/mol. The molecule has 0 saturated carbocycles. The lowest BCUT2D eigenvalue weighted by Gasteiger charge is -2.11. The Morgan fingerprint density at radius 3 is 2.29 bits per heavy atom. The van der Waals surface area contributed by atoms with E-state index in [1.165, 1.54) is 21.3 Å². The Morgan fingerprint density at radius 2 is 1.61 bits per heavy atom. The molecule has 9 heteroatoms. The third-order valence-electron chi connectivity index (χ3n) is 4.06. The summed E-state index contributed by atoms with van der Waals surface area (Å²) in [5, 5.41) is 14.5. The molecule has 0 radical (unpaired) electrons. The summed E-state index contributed by atoms with van der Waals surface area (Å²) in [6.07, 6.45) is 0. The summed E-state index contributed by atoms with van der Waals surface area (Å²) in [4.78, 5) is 27.4. The van der Waals surface area contributed by atoms with Crippen LogP contribution in [0.5, 0.6) is 5.75 Å². The Kier molecular flexibility index (Phi) is 9.54. The van der Waals surface area contributed by atoms with Crippen LogP contribution >= 0.6 is 0 Å². The van der Waals surface area contributed by atoms with E-state index >= 15 is 0 Å². The molecular weight excluding hydrogens is 400 g/mol. The molecule has 0 aliphatic heterocycles. The van der Waals surface area contributed by atoms with Crippen molar-refractivity contribution < 1.29 is 24.0 Å². The van der Waals surface area contributed by atoms with E-state index in [2.05, 4.69) is 20.8 Å². The molecule has 0 spiro atoms. The first-order chi connectivity index (χ1) is 15.1. The number of hydrogen-bond acceptors (Lipinski definition) is 8. The van der Waals surface area contributed by atoms with E-state index in [1.807, 2.05) is 42.5 Å². The highest BCUT2D eigenvalue weighted by atomic mass is 16.6. The van der Waals surface area contributed by atoms with E-state index in [9.17, 15) is 4.79 Å². The molecule has 0 bridgehead atoms. The largest absolute Gasteiger partial charge is 0.487 e. The van der Waals surface area contributed by atoms with Gasteiger partial charge < -0.3 is 24.6 Å². The van der Waals surface area contributed by atoms with Gasteiger partial charge in [0, 0.05) is 18.2 Å². The molecule has 2 aromatic carbocycles. The first kappa shape index (κ1) is 23.4. The van der Waals surface area contributed by atoms with Gasteiger partial charge in [-0.1, -0.05) is 57.9 Å². The molecule has 9 nitrogen and oxygen atoms in total. The van der Waals surface area contributed by atoms with Crippen molar-refractivity contribution in [2.45, 2.75) is 13.5 Å². The van der Waals surface area contributed by atoms with Gasteiger partial charge in [0.25, 0.3) is 5.91 Å². The number of para-hydroxylation sites is 1. The third kappa shape index (κ3) is 7.14. The predicted molar refractivity (Wildman–Crippen MR) is 118 cm³/mol. The number of hydrogen-bond donors (Lipinski definition) is 1. The Labute approximate surface area is 181 Å². The molecule has 1 N–H and O–H groups in total. The van der Waals surface area contributed by atoms with Crippen molar-refractivity contribution in [2.24, 2.45) is 15.5 Å². The van der Waals surface area contributed by atoms with Crippen LogP contribution in [0.3, 0.4) is 0 Å². The molecule has 0 aromatic heterocycles. The van der Waals surface area contributed by atoms with Crippen molar-refractivity contribution in [3.05, 3.63) is 65.7 Å². The molecule has 0 unspecified atom stereocenters. The number of oxime groups is 3. The zero-order chi connectivity index (χ0) is 22.5. The third-order valence-corrected chi connectivity index (χ3v) is 4.06. The van der Waals surface area contributed by atoms with Gasteiger partial charge in [0.05, 0.1) is 0 Å². The minimum absolute atomic E-state index is 0.104. The molecule has 0 heterocycles. The topological polar surface area (TPSA) is 103 Å². The number of ether oxygens (including phenoxy) is 1. The van der Waals surface area contributed by atoms with Crippen LogP contribution in [0.2, 0.25) is 0 Å². The lowest BCUT2D eigenvalue weighted by atomic mass is 10.0. The van der Waals surface area contributed by atoms with Crippen molar-refractivity contribution in [3.63, 3.8) is 0 Å². The molecule has 0 fully saturated rings. The van der Waals surface area contributed by atoms with Crippen LogP contribution < -0.4 is 10.1 Å². The zero-order valence-electron chi connectivity index (χ0n) is 18.0. The van der Waals surface area contributed by atoms with E-state index in [0.717, 1.165) is 0 Å². The quantitative estimate of drug-likeness (QED) is 0.440. The highest BCUT2D eigenvalue weighted by Gasteiger charge is 2.17. The average Bonchev–Trinajstić information content (AvgIpc) is 2.80. The molecule has 0 atom stereocenters. The van der Waals surface area contributed by atoms with Crippen molar-refractivity contribution in [2.75, 3.05) is 27.9 Å². The molecule has 0 saturated heterocycles. The number of amides is 1. The summed E-state index contributed by atoms with van der Waals surface area (Å²) < 4.78 is 5.70. The number of nitrogens with one attached hydrogen (secondary N) is 1. The van der Waals surface area contributed by atoms with Crippen LogP contribution in [-0.2, 0) is 25.9 Å². The number of rotatable bonds is 11. The summed E-state index contributed by atoms with van der Waals surface area (Å²) in [5.74, 6) is 0.328. The van der Waals surface area contributed by atoms with E-state index in [-0.39, 0.29) is 24.8 Å². The maximum absolute atomic E-state index is 12.2. The van der Waals surface area contributed by atoms with Crippen LogP contribution in [0, 0.1) is 0 Å². The lowest BCUT2D eigenvalue weighted by molar-refractivity contribution is -0.114.